The number of piperazine rings is 1. The zero-order chi connectivity index (χ0) is 17.2. The van der Waals surface area contributed by atoms with Crippen molar-refractivity contribution in [2.75, 3.05) is 37.9 Å². The van der Waals surface area contributed by atoms with E-state index in [4.69, 9.17) is 9.47 Å². The first-order chi connectivity index (χ1) is 12.2. The second kappa shape index (κ2) is 6.79. The number of hydrogen-bond donors (Lipinski definition) is 1. The fourth-order valence-electron chi connectivity index (χ4n) is 3.02. The van der Waals surface area contributed by atoms with Crippen LogP contribution < -0.4 is 19.7 Å². The fourth-order valence-corrected chi connectivity index (χ4v) is 3.71. The molecule has 0 aliphatic carbocycles. The summed E-state index contributed by atoms with van der Waals surface area (Å²) in [5.41, 5.74) is 0.999. The summed E-state index contributed by atoms with van der Waals surface area (Å²) < 4.78 is 10.7. The molecule has 0 radical (unpaired) electrons. The summed E-state index contributed by atoms with van der Waals surface area (Å²) in [6.45, 7) is 5.22. The van der Waals surface area contributed by atoms with Crippen molar-refractivity contribution in [3.63, 3.8) is 0 Å². The molecule has 2 amide bonds. The van der Waals surface area contributed by atoms with E-state index in [0.717, 1.165) is 35.3 Å². The number of amides is 2. The van der Waals surface area contributed by atoms with Crippen LogP contribution in [-0.2, 0) is 0 Å². The molecule has 0 bridgehead atoms. The SMILES string of the molecule is CC(NC(=O)N1CCN(c2nccs2)CC1)c1ccc2c(c1)OCO2. The predicted octanol–water partition coefficient (Wildman–Crippen LogP) is 2.46. The lowest BCUT2D eigenvalue weighted by Crippen LogP contribution is -2.52. The molecular formula is C17H20N4O3S. The van der Waals surface area contributed by atoms with Crippen molar-refractivity contribution in [1.82, 2.24) is 15.2 Å². The first-order valence-corrected chi connectivity index (χ1v) is 9.18. The van der Waals surface area contributed by atoms with Crippen LogP contribution in [0.25, 0.3) is 0 Å². The standard InChI is InChI=1S/C17H20N4O3S/c1-12(13-2-3-14-15(10-13)24-11-23-14)19-16(22)20-5-7-21(8-6-20)17-18-4-9-25-17/h2-4,9-10,12H,5-8,11H2,1H3,(H,19,22). The largest absolute Gasteiger partial charge is 0.454 e. The maximum absolute atomic E-state index is 12.5. The fraction of sp³-hybridized carbons (Fsp3) is 0.412. The van der Waals surface area contributed by atoms with E-state index in [1.54, 1.807) is 11.3 Å². The van der Waals surface area contributed by atoms with Gasteiger partial charge in [-0.2, -0.15) is 0 Å². The average molecular weight is 360 g/mol. The number of ether oxygens (including phenoxy) is 2. The van der Waals surface area contributed by atoms with Gasteiger partial charge in [-0.25, -0.2) is 9.78 Å². The van der Waals surface area contributed by atoms with E-state index >= 15 is 0 Å². The number of carbonyl (C=O) groups excluding carboxylic acids is 1. The van der Waals surface area contributed by atoms with Gasteiger partial charge in [0.1, 0.15) is 0 Å². The van der Waals surface area contributed by atoms with Gasteiger partial charge in [0.05, 0.1) is 6.04 Å². The molecule has 1 fully saturated rings. The molecule has 7 nitrogen and oxygen atoms in total. The molecule has 1 aromatic heterocycles. The van der Waals surface area contributed by atoms with Crippen molar-refractivity contribution in [2.24, 2.45) is 0 Å². The van der Waals surface area contributed by atoms with Crippen LogP contribution in [0.3, 0.4) is 0 Å². The lowest BCUT2D eigenvalue weighted by Gasteiger charge is -2.35. The number of rotatable bonds is 3. The van der Waals surface area contributed by atoms with Crippen molar-refractivity contribution in [3.05, 3.63) is 35.3 Å². The van der Waals surface area contributed by atoms with Gasteiger partial charge in [-0.15, -0.1) is 11.3 Å². The lowest BCUT2D eigenvalue weighted by molar-refractivity contribution is 0.174. The highest BCUT2D eigenvalue weighted by atomic mass is 32.1. The lowest BCUT2D eigenvalue weighted by atomic mass is 10.1. The second-order valence-corrected chi connectivity index (χ2v) is 6.95. The van der Waals surface area contributed by atoms with Crippen LogP contribution in [0.1, 0.15) is 18.5 Å². The van der Waals surface area contributed by atoms with Gasteiger partial charge in [0, 0.05) is 37.8 Å². The Morgan fingerprint density at radius 1 is 1.24 bits per heavy atom. The first-order valence-electron chi connectivity index (χ1n) is 8.30. The van der Waals surface area contributed by atoms with E-state index in [9.17, 15) is 4.79 Å². The minimum atomic E-state index is -0.0982. The third kappa shape index (κ3) is 3.34. The van der Waals surface area contributed by atoms with Crippen molar-refractivity contribution in [3.8, 4) is 11.5 Å². The Morgan fingerprint density at radius 3 is 2.80 bits per heavy atom. The zero-order valence-electron chi connectivity index (χ0n) is 14.0. The van der Waals surface area contributed by atoms with Gasteiger partial charge in [0.25, 0.3) is 0 Å². The molecule has 1 unspecified atom stereocenters. The van der Waals surface area contributed by atoms with E-state index in [2.05, 4.69) is 15.2 Å². The number of aromatic nitrogens is 1. The predicted molar refractivity (Wildman–Crippen MR) is 95.4 cm³/mol. The summed E-state index contributed by atoms with van der Waals surface area (Å²) in [6.07, 6.45) is 1.81. The van der Waals surface area contributed by atoms with E-state index < -0.39 is 0 Å². The summed E-state index contributed by atoms with van der Waals surface area (Å²) in [6, 6.07) is 5.63. The van der Waals surface area contributed by atoms with E-state index in [1.165, 1.54) is 0 Å². The smallest absolute Gasteiger partial charge is 0.317 e. The minimum Gasteiger partial charge on any atom is -0.454 e. The van der Waals surface area contributed by atoms with Gasteiger partial charge >= 0.3 is 6.03 Å². The number of nitrogens with one attached hydrogen (secondary N) is 1. The molecule has 1 N–H and O–H groups in total. The summed E-state index contributed by atoms with van der Waals surface area (Å²) in [4.78, 5) is 20.9. The Labute approximate surface area is 150 Å². The van der Waals surface area contributed by atoms with Gasteiger partial charge in [0.2, 0.25) is 6.79 Å². The van der Waals surface area contributed by atoms with Gasteiger partial charge in [0.15, 0.2) is 16.6 Å². The maximum atomic E-state index is 12.5. The Bertz CT molecular complexity index is 744. The molecule has 2 aliphatic heterocycles. The molecule has 2 aliphatic rings. The summed E-state index contributed by atoms with van der Waals surface area (Å²) in [5, 5.41) is 6.06. The molecule has 25 heavy (non-hydrogen) atoms. The number of nitrogens with zero attached hydrogens (tertiary/aromatic N) is 3. The number of hydrogen-bond acceptors (Lipinski definition) is 6. The van der Waals surface area contributed by atoms with Crippen LogP contribution >= 0.6 is 11.3 Å². The summed E-state index contributed by atoms with van der Waals surface area (Å²) >= 11 is 1.63. The van der Waals surface area contributed by atoms with Crippen molar-refractivity contribution in [1.29, 1.82) is 0 Å². The number of thiazole rings is 1. The number of carbonyl (C=O) groups is 1. The summed E-state index contributed by atoms with van der Waals surface area (Å²) in [5.74, 6) is 1.48. The summed E-state index contributed by atoms with van der Waals surface area (Å²) in [7, 11) is 0. The third-order valence-electron chi connectivity index (χ3n) is 4.49. The van der Waals surface area contributed by atoms with Gasteiger partial charge in [-0.1, -0.05) is 6.07 Å². The topological polar surface area (TPSA) is 66.9 Å². The molecule has 4 rings (SSSR count). The van der Waals surface area contributed by atoms with E-state index in [0.29, 0.717) is 13.1 Å². The minimum absolute atomic E-state index is 0.0380. The molecule has 8 heteroatoms. The van der Waals surface area contributed by atoms with Crippen LogP contribution in [0, 0.1) is 0 Å². The highest BCUT2D eigenvalue weighted by Crippen LogP contribution is 2.34. The molecular weight excluding hydrogens is 340 g/mol. The van der Waals surface area contributed by atoms with Gasteiger partial charge in [-0.05, 0) is 24.6 Å². The molecule has 3 heterocycles. The highest BCUT2D eigenvalue weighted by molar-refractivity contribution is 7.13. The Morgan fingerprint density at radius 2 is 2.04 bits per heavy atom. The number of urea groups is 1. The third-order valence-corrected chi connectivity index (χ3v) is 5.33. The monoisotopic (exact) mass is 360 g/mol. The van der Waals surface area contributed by atoms with Crippen LogP contribution in [0.2, 0.25) is 0 Å². The maximum Gasteiger partial charge on any atom is 0.317 e. The first kappa shape index (κ1) is 16.0. The Balaban J connectivity index is 1.33. The van der Waals surface area contributed by atoms with Gasteiger partial charge in [-0.3, -0.25) is 0 Å². The molecule has 1 aromatic carbocycles. The van der Waals surface area contributed by atoms with Crippen LogP contribution in [0.4, 0.5) is 9.93 Å². The van der Waals surface area contributed by atoms with Crippen LogP contribution in [0.15, 0.2) is 29.8 Å². The van der Waals surface area contributed by atoms with Crippen molar-refractivity contribution >= 4 is 22.5 Å². The molecule has 2 aromatic rings. The van der Waals surface area contributed by atoms with Gasteiger partial charge < -0.3 is 24.6 Å². The number of anilines is 1. The zero-order valence-corrected chi connectivity index (χ0v) is 14.8. The Hall–Kier alpha value is -2.48. The molecule has 1 atom stereocenters. The molecule has 0 saturated carbocycles. The van der Waals surface area contributed by atoms with Crippen LogP contribution in [0.5, 0.6) is 11.5 Å². The average Bonchev–Trinajstić information content (AvgIpc) is 3.32. The van der Waals surface area contributed by atoms with Crippen LogP contribution in [-0.4, -0.2) is 48.9 Å². The highest BCUT2D eigenvalue weighted by Gasteiger charge is 2.24. The van der Waals surface area contributed by atoms with Crippen molar-refractivity contribution < 1.29 is 14.3 Å². The number of benzene rings is 1. The number of fused-ring (bicyclic) bond motifs is 1. The second-order valence-electron chi connectivity index (χ2n) is 6.07. The quantitative estimate of drug-likeness (QED) is 0.911. The molecule has 132 valence electrons. The molecule has 0 spiro atoms. The van der Waals surface area contributed by atoms with E-state index in [1.807, 2.05) is 41.6 Å². The van der Waals surface area contributed by atoms with Crippen molar-refractivity contribution in [2.45, 2.75) is 13.0 Å². The normalized spacial score (nSPS) is 17.5. The Kier molecular flexibility index (Phi) is 4.35. The van der Waals surface area contributed by atoms with E-state index in [-0.39, 0.29) is 18.9 Å². The molecule has 1 saturated heterocycles.